The maximum absolute atomic E-state index is 14.0. The molecule has 5 rings (SSSR count). The van der Waals surface area contributed by atoms with Gasteiger partial charge in [0.15, 0.2) is 11.5 Å². The molecular formula is C31H38N2O4. The number of aryl methyl sites for hydroxylation is 1. The van der Waals surface area contributed by atoms with Gasteiger partial charge in [-0.2, -0.15) is 0 Å². The van der Waals surface area contributed by atoms with Gasteiger partial charge in [0.1, 0.15) is 17.7 Å². The van der Waals surface area contributed by atoms with E-state index in [9.17, 15) is 9.59 Å². The van der Waals surface area contributed by atoms with Crippen LogP contribution in [0.3, 0.4) is 0 Å². The lowest BCUT2D eigenvalue weighted by atomic mass is 9.70. The molecule has 6 nitrogen and oxygen atoms in total. The highest BCUT2D eigenvalue weighted by atomic mass is 16.5. The molecule has 0 spiro atoms. The molecule has 5 unspecified atom stereocenters. The Balaban J connectivity index is 1.48. The number of Topliss-reactive ketones (excluding diaryl/α,β-unsaturated/α-hetero) is 1. The van der Waals surface area contributed by atoms with Crippen LogP contribution >= 0.6 is 0 Å². The standard InChI is InChI=1S/C31H38N2O4/c1-5-6-7-8-15-36-23-11-9-22(10-12-23)28-27-29(34)24-17-20(3)21(4)18-25(24)37-30(27)31(35)33(28)26-16-19(2)13-14-32-26/h9-14,16,20-21,24-25,28H,5-8,15,17-18H2,1-4H3. The zero-order valence-electron chi connectivity index (χ0n) is 22.4. The Morgan fingerprint density at radius 2 is 1.78 bits per heavy atom. The van der Waals surface area contributed by atoms with Crippen molar-refractivity contribution in [2.45, 2.75) is 78.4 Å². The molecule has 1 aromatic heterocycles. The van der Waals surface area contributed by atoms with Crippen LogP contribution in [0.15, 0.2) is 53.9 Å². The van der Waals surface area contributed by atoms with Crippen LogP contribution in [0.1, 0.15) is 76.5 Å². The van der Waals surface area contributed by atoms with E-state index in [1.165, 1.54) is 12.8 Å². The van der Waals surface area contributed by atoms with Gasteiger partial charge in [0.05, 0.1) is 24.1 Å². The predicted molar refractivity (Wildman–Crippen MR) is 143 cm³/mol. The van der Waals surface area contributed by atoms with E-state index in [-0.39, 0.29) is 29.5 Å². The topological polar surface area (TPSA) is 68.7 Å². The fourth-order valence-electron chi connectivity index (χ4n) is 5.93. The van der Waals surface area contributed by atoms with Gasteiger partial charge in [-0.1, -0.05) is 52.2 Å². The first-order chi connectivity index (χ1) is 17.9. The summed E-state index contributed by atoms with van der Waals surface area (Å²) in [4.78, 5) is 34.0. The number of benzene rings is 1. The maximum Gasteiger partial charge on any atom is 0.295 e. The number of nitrogens with zero attached hydrogens (tertiary/aromatic N) is 2. The number of hydrogen-bond acceptors (Lipinski definition) is 5. The maximum atomic E-state index is 14.0. The molecule has 1 saturated carbocycles. The first kappa shape index (κ1) is 25.5. The zero-order chi connectivity index (χ0) is 26.1. The monoisotopic (exact) mass is 502 g/mol. The number of aromatic nitrogens is 1. The number of unbranched alkanes of at least 4 members (excludes halogenated alkanes) is 3. The molecule has 0 saturated heterocycles. The highest BCUT2D eigenvalue weighted by Crippen LogP contribution is 2.49. The SMILES string of the molecule is CCCCCCOc1ccc(C2C3=C(OC4CC(C)C(C)CC4C3=O)C(=O)N2c2cc(C)ccn2)cc1. The van der Waals surface area contributed by atoms with Crippen LogP contribution in [0.25, 0.3) is 0 Å². The Morgan fingerprint density at radius 3 is 2.51 bits per heavy atom. The third kappa shape index (κ3) is 4.90. The lowest BCUT2D eigenvalue weighted by Crippen LogP contribution is -2.43. The average molecular weight is 503 g/mol. The molecule has 37 heavy (non-hydrogen) atoms. The van der Waals surface area contributed by atoms with E-state index in [1.54, 1.807) is 11.1 Å². The van der Waals surface area contributed by atoms with Crippen LogP contribution in [0.4, 0.5) is 5.82 Å². The fraction of sp³-hybridized carbons (Fsp3) is 0.516. The normalized spacial score (nSPS) is 27.1. The van der Waals surface area contributed by atoms with E-state index in [4.69, 9.17) is 9.47 Å². The first-order valence-corrected chi connectivity index (χ1v) is 13.8. The number of rotatable bonds is 8. The molecule has 0 radical (unpaired) electrons. The first-order valence-electron chi connectivity index (χ1n) is 13.8. The summed E-state index contributed by atoms with van der Waals surface area (Å²) in [6, 6.07) is 11.0. The van der Waals surface area contributed by atoms with Crippen molar-refractivity contribution in [3.63, 3.8) is 0 Å². The predicted octanol–water partition coefficient (Wildman–Crippen LogP) is 6.34. The average Bonchev–Trinajstić information content (AvgIpc) is 3.18. The third-order valence-corrected chi connectivity index (χ3v) is 8.32. The van der Waals surface area contributed by atoms with Crippen LogP contribution in [0.2, 0.25) is 0 Å². The van der Waals surface area contributed by atoms with E-state index < -0.39 is 6.04 Å². The van der Waals surface area contributed by atoms with Gasteiger partial charge in [-0.15, -0.1) is 0 Å². The molecule has 6 heteroatoms. The van der Waals surface area contributed by atoms with E-state index in [1.807, 2.05) is 43.3 Å². The number of fused-ring (bicyclic) bond motifs is 1. The van der Waals surface area contributed by atoms with Crippen LogP contribution < -0.4 is 9.64 Å². The lowest BCUT2D eigenvalue weighted by Gasteiger charge is -2.40. The Kier molecular flexibility index (Phi) is 7.36. The van der Waals surface area contributed by atoms with Crippen LogP contribution in [-0.2, 0) is 14.3 Å². The number of carbonyl (C=O) groups is 2. The largest absolute Gasteiger partial charge is 0.494 e. The summed E-state index contributed by atoms with van der Waals surface area (Å²) in [5.74, 6) is 1.97. The molecule has 1 amide bonds. The highest BCUT2D eigenvalue weighted by Gasteiger charge is 2.54. The summed E-state index contributed by atoms with van der Waals surface area (Å²) in [5, 5.41) is 0. The van der Waals surface area contributed by atoms with E-state index >= 15 is 0 Å². The number of hydrogen-bond donors (Lipinski definition) is 0. The zero-order valence-corrected chi connectivity index (χ0v) is 22.4. The van der Waals surface area contributed by atoms with Crippen molar-refractivity contribution in [3.8, 4) is 5.75 Å². The second-order valence-electron chi connectivity index (χ2n) is 11.0. The summed E-state index contributed by atoms with van der Waals surface area (Å²) < 4.78 is 12.3. The van der Waals surface area contributed by atoms with Gasteiger partial charge in [-0.05, 0) is 73.4 Å². The van der Waals surface area contributed by atoms with Gasteiger partial charge in [0, 0.05) is 6.20 Å². The Bertz CT molecular complexity index is 1190. The highest BCUT2D eigenvalue weighted by molar-refractivity contribution is 6.17. The summed E-state index contributed by atoms with van der Waals surface area (Å²) in [7, 11) is 0. The molecule has 2 aromatic rings. The quantitative estimate of drug-likeness (QED) is 0.394. The molecule has 0 N–H and O–H groups in total. The molecule has 196 valence electrons. The Morgan fingerprint density at radius 1 is 1.03 bits per heavy atom. The van der Waals surface area contributed by atoms with Crippen LogP contribution in [0, 0.1) is 24.7 Å². The minimum absolute atomic E-state index is 0.0507. The molecule has 1 fully saturated rings. The van der Waals surface area contributed by atoms with Crippen molar-refractivity contribution in [2.75, 3.05) is 11.5 Å². The van der Waals surface area contributed by atoms with Crippen molar-refractivity contribution in [1.82, 2.24) is 4.98 Å². The molecule has 3 aliphatic rings. The van der Waals surface area contributed by atoms with Gasteiger partial charge in [-0.3, -0.25) is 14.5 Å². The van der Waals surface area contributed by atoms with E-state index in [2.05, 4.69) is 25.8 Å². The van der Waals surface area contributed by atoms with Gasteiger partial charge in [-0.25, -0.2) is 4.98 Å². The van der Waals surface area contributed by atoms with Gasteiger partial charge < -0.3 is 9.47 Å². The summed E-state index contributed by atoms with van der Waals surface area (Å²) in [5.41, 5.74) is 2.33. The molecule has 5 atom stereocenters. The Labute approximate surface area is 220 Å². The van der Waals surface area contributed by atoms with Crippen molar-refractivity contribution in [1.29, 1.82) is 0 Å². The molecule has 2 aliphatic heterocycles. The second-order valence-corrected chi connectivity index (χ2v) is 11.0. The Hall–Kier alpha value is -3.15. The molecule has 0 bridgehead atoms. The molecular weight excluding hydrogens is 464 g/mol. The lowest BCUT2D eigenvalue weighted by molar-refractivity contribution is -0.134. The number of ketones is 1. The molecule has 1 aromatic carbocycles. The number of amides is 1. The fourth-order valence-corrected chi connectivity index (χ4v) is 5.93. The van der Waals surface area contributed by atoms with Crippen molar-refractivity contribution < 1.29 is 19.1 Å². The number of ether oxygens (including phenoxy) is 2. The minimum Gasteiger partial charge on any atom is -0.494 e. The number of carbonyl (C=O) groups excluding carboxylic acids is 2. The summed E-state index contributed by atoms with van der Waals surface area (Å²) in [6.07, 6.45) is 7.64. The third-order valence-electron chi connectivity index (χ3n) is 8.32. The van der Waals surface area contributed by atoms with Crippen molar-refractivity contribution in [3.05, 3.63) is 65.1 Å². The van der Waals surface area contributed by atoms with Crippen molar-refractivity contribution in [2.24, 2.45) is 17.8 Å². The van der Waals surface area contributed by atoms with Gasteiger partial charge in [0.2, 0.25) is 0 Å². The molecule has 3 heterocycles. The van der Waals surface area contributed by atoms with E-state index in [0.29, 0.717) is 29.8 Å². The second kappa shape index (κ2) is 10.7. The van der Waals surface area contributed by atoms with Crippen LogP contribution in [-0.4, -0.2) is 29.4 Å². The summed E-state index contributed by atoms with van der Waals surface area (Å²) >= 11 is 0. The van der Waals surface area contributed by atoms with Crippen molar-refractivity contribution >= 4 is 17.5 Å². The van der Waals surface area contributed by atoms with Crippen LogP contribution in [0.5, 0.6) is 5.75 Å². The van der Waals surface area contributed by atoms with Gasteiger partial charge >= 0.3 is 0 Å². The smallest absolute Gasteiger partial charge is 0.295 e. The number of anilines is 1. The summed E-state index contributed by atoms with van der Waals surface area (Å²) in [6.45, 7) is 9.26. The van der Waals surface area contributed by atoms with E-state index in [0.717, 1.165) is 42.6 Å². The minimum atomic E-state index is -0.571. The molecule has 1 aliphatic carbocycles. The van der Waals surface area contributed by atoms with Gasteiger partial charge in [0.25, 0.3) is 5.91 Å². The number of pyridine rings is 1.